The van der Waals surface area contributed by atoms with Crippen LogP contribution in [0.25, 0.3) is 0 Å². The third kappa shape index (κ3) is 5.05. The van der Waals surface area contributed by atoms with E-state index in [9.17, 15) is 4.79 Å². The maximum atomic E-state index is 13.1. The largest absolute Gasteiger partial charge is 1.00 e. The summed E-state index contributed by atoms with van der Waals surface area (Å²) in [6.07, 6.45) is 0. The van der Waals surface area contributed by atoms with Crippen LogP contribution in [0.2, 0.25) is 0 Å². The number of quaternary nitrogens is 1. The second kappa shape index (κ2) is 10.2. The van der Waals surface area contributed by atoms with Crippen molar-refractivity contribution in [1.29, 1.82) is 0 Å². The number of likely N-dealkylation sites (N-methyl/N-ethyl adjacent to an activating group) is 1. The third-order valence-corrected chi connectivity index (χ3v) is 3.84. The van der Waals surface area contributed by atoms with Gasteiger partial charge >= 0.3 is 5.97 Å². The molecule has 0 saturated heterocycles. The minimum Gasteiger partial charge on any atom is -1.00 e. The SMILES string of the molecule is CCOC(C(=O)OCC[NH+](C)C)(c1ccccc1)c1ccccc1.[Cl-]. The molecule has 0 heterocycles. The minimum atomic E-state index is -1.24. The molecule has 0 bridgehead atoms. The molecule has 25 heavy (non-hydrogen) atoms. The molecule has 0 aliphatic rings. The first-order chi connectivity index (χ1) is 11.6. The third-order valence-electron chi connectivity index (χ3n) is 3.84. The molecule has 136 valence electrons. The van der Waals surface area contributed by atoms with Gasteiger partial charge in [-0.2, -0.15) is 0 Å². The standard InChI is InChI=1S/C20H25NO3.ClH/c1-4-24-20(17-11-7-5-8-12-17,18-13-9-6-10-14-18)19(22)23-16-15-21(2)3;/h5-14H,4,15-16H2,1-3H3;1H. The highest BCUT2D eigenvalue weighted by Crippen LogP contribution is 2.35. The molecule has 2 aromatic carbocycles. The molecule has 0 fully saturated rings. The maximum Gasteiger partial charge on any atom is 0.348 e. The number of esters is 1. The predicted octanol–water partition coefficient (Wildman–Crippen LogP) is -1.34. The number of rotatable bonds is 8. The Morgan fingerprint density at radius 3 is 1.84 bits per heavy atom. The van der Waals surface area contributed by atoms with Gasteiger partial charge in [0.1, 0.15) is 13.2 Å². The molecule has 0 atom stereocenters. The van der Waals surface area contributed by atoms with Crippen molar-refractivity contribution in [2.45, 2.75) is 12.5 Å². The molecule has 0 saturated carbocycles. The van der Waals surface area contributed by atoms with Gasteiger partial charge in [0, 0.05) is 6.61 Å². The molecule has 5 heteroatoms. The van der Waals surface area contributed by atoms with Crippen molar-refractivity contribution in [2.75, 3.05) is 33.9 Å². The molecule has 0 unspecified atom stereocenters. The van der Waals surface area contributed by atoms with E-state index in [4.69, 9.17) is 9.47 Å². The molecule has 0 amide bonds. The number of carbonyl (C=O) groups excluding carboxylic acids is 1. The summed E-state index contributed by atoms with van der Waals surface area (Å²) >= 11 is 0. The first-order valence-electron chi connectivity index (χ1n) is 8.32. The van der Waals surface area contributed by atoms with Gasteiger partial charge in [-0.25, -0.2) is 4.79 Å². The van der Waals surface area contributed by atoms with E-state index in [1.165, 1.54) is 4.90 Å². The summed E-state index contributed by atoms with van der Waals surface area (Å²) in [5.41, 5.74) is 0.319. The van der Waals surface area contributed by atoms with E-state index in [2.05, 4.69) is 0 Å². The van der Waals surface area contributed by atoms with Gasteiger partial charge in [0.2, 0.25) is 5.60 Å². The van der Waals surface area contributed by atoms with E-state index in [0.717, 1.165) is 17.7 Å². The average Bonchev–Trinajstić information content (AvgIpc) is 2.60. The highest BCUT2D eigenvalue weighted by molar-refractivity contribution is 5.85. The summed E-state index contributed by atoms with van der Waals surface area (Å²) in [7, 11) is 4.05. The van der Waals surface area contributed by atoms with Gasteiger partial charge in [-0.3, -0.25) is 0 Å². The van der Waals surface area contributed by atoms with E-state index in [0.29, 0.717) is 13.2 Å². The van der Waals surface area contributed by atoms with E-state index >= 15 is 0 Å². The van der Waals surface area contributed by atoms with Crippen molar-refractivity contribution in [3.63, 3.8) is 0 Å². The topological polar surface area (TPSA) is 40.0 Å². The quantitative estimate of drug-likeness (QED) is 0.590. The Balaban J connectivity index is 0.00000312. The Morgan fingerprint density at radius 1 is 0.960 bits per heavy atom. The minimum absolute atomic E-state index is 0. The summed E-state index contributed by atoms with van der Waals surface area (Å²) in [4.78, 5) is 14.3. The van der Waals surface area contributed by atoms with Crippen LogP contribution in [0.15, 0.2) is 60.7 Å². The predicted molar refractivity (Wildman–Crippen MR) is 93.9 cm³/mol. The molecule has 0 aliphatic heterocycles. The number of ether oxygens (including phenoxy) is 2. The summed E-state index contributed by atoms with van der Waals surface area (Å²) in [5, 5.41) is 0. The Morgan fingerprint density at radius 2 is 1.44 bits per heavy atom. The van der Waals surface area contributed by atoms with Gasteiger partial charge in [0.15, 0.2) is 0 Å². The molecule has 4 nitrogen and oxygen atoms in total. The molecule has 2 aromatic rings. The number of hydrogen-bond acceptors (Lipinski definition) is 3. The lowest BCUT2D eigenvalue weighted by atomic mass is 9.86. The van der Waals surface area contributed by atoms with E-state index in [-0.39, 0.29) is 18.4 Å². The van der Waals surface area contributed by atoms with Crippen LogP contribution < -0.4 is 17.3 Å². The molecular weight excluding hydrogens is 338 g/mol. The summed E-state index contributed by atoms with van der Waals surface area (Å²) in [5.74, 6) is -0.372. The van der Waals surface area contributed by atoms with Crippen molar-refractivity contribution >= 4 is 5.97 Å². The lowest BCUT2D eigenvalue weighted by molar-refractivity contribution is -0.858. The summed E-state index contributed by atoms with van der Waals surface area (Å²) in [6, 6.07) is 19.1. The Hall–Kier alpha value is -1.88. The highest BCUT2D eigenvalue weighted by Gasteiger charge is 2.44. The fourth-order valence-electron chi connectivity index (χ4n) is 2.64. The first kappa shape index (κ1) is 21.2. The molecule has 2 rings (SSSR count). The average molecular weight is 364 g/mol. The van der Waals surface area contributed by atoms with Crippen LogP contribution in [0.3, 0.4) is 0 Å². The molecule has 0 aromatic heterocycles. The van der Waals surface area contributed by atoms with Gasteiger partial charge in [-0.15, -0.1) is 0 Å². The van der Waals surface area contributed by atoms with Crippen LogP contribution >= 0.6 is 0 Å². The van der Waals surface area contributed by atoms with Crippen molar-refractivity contribution in [3.05, 3.63) is 71.8 Å². The monoisotopic (exact) mass is 363 g/mol. The molecule has 0 spiro atoms. The normalized spacial score (nSPS) is 11.0. The summed E-state index contributed by atoms with van der Waals surface area (Å²) in [6.45, 7) is 3.39. The van der Waals surface area contributed by atoms with Crippen molar-refractivity contribution in [3.8, 4) is 0 Å². The van der Waals surface area contributed by atoms with Crippen LogP contribution in [0.4, 0.5) is 0 Å². The van der Waals surface area contributed by atoms with Crippen LogP contribution in [0.1, 0.15) is 18.1 Å². The zero-order valence-corrected chi connectivity index (χ0v) is 15.8. The van der Waals surface area contributed by atoms with Gasteiger partial charge < -0.3 is 26.8 Å². The molecule has 0 radical (unpaired) electrons. The van der Waals surface area contributed by atoms with Crippen LogP contribution in [0, 0.1) is 0 Å². The van der Waals surface area contributed by atoms with Crippen molar-refractivity contribution in [2.24, 2.45) is 0 Å². The molecular formula is C20H26ClNO3. The second-order valence-corrected chi connectivity index (χ2v) is 5.94. The van der Waals surface area contributed by atoms with Gasteiger partial charge in [-0.05, 0) is 18.1 Å². The van der Waals surface area contributed by atoms with Crippen molar-refractivity contribution in [1.82, 2.24) is 0 Å². The van der Waals surface area contributed by atoms with Crippen LogP contribution in [-0.2, 0) is 19.9 Å². The fraction of sp³-hybridized carbons (Fsp3) is 0.350. The zero-order chi connectivity index (χ0) is 17.4. The Labute approximate surface area is 156 Å². The fourth-order valence-corrected chi connectivity index (χ4v) is 2.64. The zero-order valence-electron chi connectivity index (χ0n) is 15.0. The lowest BCUT2D eigenvalue weighted by Crippen LogP contribution is -3.06. The number of halogens is 1. The smallest absolute Gasteiger partial charge is 0.348 e. The van der Waals surface area contributed by atoms with Crippen LogP contribution in [-0.4, -0.2) is 39.8 Å². The lowest BCUT2D eigenvalue weighted by Gasteiger charge is -2.32. The van der Waals surface area contributed by atoms with E-state index < -0.39 is 5.60 Å². The molecule has 1 N–H and O–H groups in total. The van der Waals surface area contributed by atoms with Gasteiger partial charge in [0.25, 0.3) is 0 Å². The maximum absolute atomic E-state index is 13.1. The number of nitrogens with one attached hydrogen (secondary N) is 1. The Bertz CT molecular complexity index is 592. The van der Waals surface area contributed by atoms with E-state index in [1.807, 2.05) is 81.7 Å². The molecule has 0 aliphatic carbocycles. The van der Waals surface area contributed by atoms with E-state index in [1.54, 1.807) is 0 Å². The van der Waals surface area contributed by atoms with Gasteiger partial charge in [-0.1, -0.05) is 60.7 Å². The summed E-state index contributed by atoms with van der Waals surface area (Å²) < 4.78 is 11.6. The number of hydrogen-bond donors (Lipinski definition) is 1. The number of carbonyl (C=O) groups is 1. The van der Waals surface area contributed by atoms with Gasteiger partial charge in [0.05, 0.1) is 14.1 Å². The number of benzene rings is 2. The first-order valence-corrected chi connectivity index (χ1v) is 8.32. The van der Waals surface area contributed by atoms with Crippen LogP contribution in [0.5, 0.6) is 0 Å². The second-order valence-electron chi connectivity index (χ2n) is 5.94. The highest BCUT2D eigenvalue weighted by atomic mass is 35.5. The Kier molecular flexibility index (Phi) is 8.62. The van der Waals surface area contributed by atoms with Crippen molar-refractivity contribution < 1.29 is 31.6 Å².